The van der Waals surface area contributed by atoms with Crippen molar-refractivity contribution in [3.05, 3.63) is 35.7 Å². The molecule has 10 nitrogen and oxygen atoms in total. The Hall–Kier alpha value is -3.01. The first kappa shape index (κ1) is 17.8. The first-order chi connectivity index (χ1) is 12.7. The molecule has 1 atom stereocenters. The third-order valence-corrected chi connectivity index (χ3v) is 4.17. The van der Waals surface area contributed by atoms with Crippen LogP contribution in [-0.4, -0.2) is 63.6 Å². The molecule has 1 saturated heterocycles. The number of hydrogen-bond acceptors (Lipinski definition) is 7. The molecule has 1 fully saturated rings. The lowest BCUT2D eigenvalue weighted by Gasteiger charge is -2.34. The predicted octanol–water partition coefficient (Wildman–Crippen LogP) is -0.785. The van der Waals surface area contributed by atoms with Gasteiger partial charge in [-0.2, -0.15) is 5.21 Å². The average Bonchev–Trinajstić information content (AvgIpc) is 3.17. The second kappa shape index (κ2) is 8.39. The molecular formula is C16H21N7O3. The Morgan fingerprint density at radius 1 is 1.46 bits per heavy atom. The highest BCUT2D eigenvalue weighted by molar-refractivity contribution is 5.88. The summed E-state index contributed by atoms with van der Waals surface area (Å²) in [6.45, 7) is 1.96. The standard InChI is InChI=1S/C16H21N7O3/c1-26-12-4-2-3-11(7-12)10-23-6-5-17-16(25)13(23)8-15(24)18-9-14-19-21-22-20-14/h2-4,7,13H,5-6,8-10H2,1H3,(H,17,25)(H,18,24)(H,19,20,21,22)/t13-/m0/s1. The van der Waals surface area contributed by atoms with Gasteiger partial charge in [-0.1, -0.05) is 17.3 Å². The number of amides is 2. The summed E-state index contributed by atoms with van der Waals surface area (Å²) in [6.07, 6.45) is 0.0631. The van der Waals surface area contributed by atoms with E-state index in [2.05, 4.69) is 31.3 Å². The number of aromatic nitrogens is 4. The zero-order valence-electron chi connectivity index (χ0n) is 14.4. The van der Waals surface area contributed by atoms with Gasteiger partial charge in [-0.15, -0.1) is 10.2 Å². The van der Waals surface area contributed by atoms with E-state index in [1.807, 2.05) is 29.2 Å². The van der Waals surface area contributed by atoms with E-state index in [1.54, 1.807) is 7.11 Å². The van der Waals surface area contributed by atoms with E-state index in [4.69, 9.17) is 4.74 Å². The highest BCUT2D eigenvalue weighted by Crippen LogP contribution is 2.18. The molecule has 2 heterocycles. The highest BCUT2D eigenvalue weighted by Gasteiger charge is 2.31. The van der Waals surface area contributed by atoms with Crippen LogP contribution in [0.15, 0.2) is 24.3 Å². The van der Waals surface area contributed by atoms with Gasteiger partial charge in [-0.25, -0.2) is 0 Å². The number of nitrogens with one attached hydrogen (secondary N) is 3. The van der Waals surface area contributed by atoms with Crippen LogP contribution in [0.1, 0.15) is 17.8 Å². The lowest BCUT2D eigenvalue weighted by atomic mass is 10.1. The van der Waals surface area contributed by atoms with Crippen LogP contribution in [0.3, 0.4) is 0 Å². The van der Waals surface area contributed by atoms with Crippen LogP contribution in [0.25, 0.3) is 0 Å². The Labute approximate surface area is 150 Å². The fourth-order valence-corrected chi connectivity index (χ4v) is 2.86. The minimum absolute atomic E-state index is 0.0631. The van der Waals surface area contributed by atoms with Gasteiger partial charge in [0.1, 0.15) is 5.75 Å². The summed E-state index contributed by atoms with van der Waals surface area (Å²) in [5, 5.41) is 18.8. The predicted molar refractivity (Wildman–Crippen MR) is 90.8 cm³/mol. The molecule has 1 aromatic heterocycles. The summed E-state index contributed by atoms with van der Waals surface area (Å²) < 4.78 is 5.24. The zero-order valence-corrected chi connectivity index (χ0v) is 14.4. The molecule has 0 spiro atoms. The average molecular weight is 359 g/mol. The number of H-pyrrole nitrogens is 1. The Kier molecular flexibility index (Phi) is 5.74. The summed E-state index contributed by atoms with van der Waals surface area (Å²) in [5.41, 5.74) is 1.02. The Bertz CT molecular complexity index is 750. The zero-order chi connectivity index (χ0) is 18.4. The maximum atomic E-state index is 12.3. The molecule has 0 aliphatic carbocycles. The number of rotatable bonds is 7. The molecule has 138 valence electrons. The van der Waals surface area contributed by atoms with E-state index in [1.165, 1.54) is 0 Å². The van der Waals surface area contributed by atoms with Crippen molar-refractivity contribution in [2.24, 2.45) is 0 Å². The van der Waals surface area contributed by atoms with Crippen LogP contribution in [0.2, 0.25) is 0 Å². The number of aromatic amines is 1. The smallest absolute Gasteiger partial charge is 0.237 e. The van der Waals surface area contributed by atoms with Crippen LogP contribution >= 0.6 is 0 Å². The van der Waals surface area contributed by atoms with E-state index in [-0.39, 0.29) is 24.8 Å². The van der Waals surface area contributed by atoms with Gasteiger partial charge in [-0.05, 0) is 17.7 Å². The summed E-state index contributed by atoms with van der Waals surface area (Å²) in [7, 11) is 1.62. The summed E-state index contributed by atoms with van der Waals surface area (Å²) in [6, 6.07) is 7.16. The molecule has 10 heteroatoms. The van der Waals surface area contributed by atoms with Crippen molar-refractivity contribution in [2.75, 3.05) is 20.2 Å². The maximum Gasteiger partial charge on any atom is 0.237 e. The molecule has 0 bridgehead atoms. The Balaban J connectivity index is 1.61. The first-order valence-electron chi connectivity index (χ1n) is 8.29. The molecule has 0 saturated carbocycles. The van der Waals surface area contributed by atoms with Crippen LogP contribution in [0.5, 0.6) is 5.75 Å². The molecule has 1 aromatic carbocycles. The third-order valence-electron chi connectivity index (χ3n) is 4.17. The molecule has 2 aromatic rings. The first-order valence-corrected chi connectivity index (χ1v) is 8.29. The van der Waals surface area contributed by atoms with Crippen molar-refractivity contribution in [2.45, 2.75) is 25.6 Å². The normalized spacial score (nSPS) is 17.6. The summed E-state index contributed by atoms with van der Waals surface area (Å²) >= 11 is 0. The van der Waals surface area contributed by atoms with E-state index in [0.29, 0.717) is 25.5 Å². The van der Waals surface area contributed by atoms with Crippen molar-refractivity contribution in [3.63, 3.8) is 0 Å². The number of carbonyl (C=O) groups excluding carboxylic acids is 2. The SMILES string of the molecule is COc1cccc(CN2CCNC(=O)[C@@H]2CC(=O)NCc2nn[nH]n2)c1. The van der Waals surface area contributed by atoms with Gasteiger partial charge in [0.2, 0.25) is 11.8 Å². The number of methoxy groups -OCH3 is 1. The lowest BCUT2D eigenvalue weighted by Crippen LogP contribution is -2.56. The number of ether oxygens (including phenoxy) is 1. The molecule has 0 radical (unpaired) electrons. The number of tetrazole rings is 1. The van der Waals surface area contributed by atoms with Crippen molar-refractivity contribution >= 4 is 11.8 Å². The number of benzene rings is 1. The third kappa shape index (κ3) is 4.54. The molecule has 26 heavy (non-hydrogen) atoms. The van der Waals surface area contributed by atoms with Crippen molar-refractivity contribution in [3.8, 4) is 5.75 Å². The van der Waals surface area contributed by atoms with Crippen molar-refractivity contribution in [1.29, 1.82) is 0 Å². The fraction of sp³-hybridized carbons (Fsp3) is 0.438. The Morgan fingerprint density at radius 3 is 3.12 bits per heavy atom. The summed E-state index contributed by atoms with van der Waals surface area (Å²) in [4.78, 5) is 26.5. The fourth-order valence-electron chi connectivity index (χ4n) is 2.86. The molecule has 1 aliphatic heterocycles. The van der Waals surface area contributed by atoms with Crippen LogP contribution in [-0.2, 0) is 22.7 Å². The highest BCUT2D eigenvalue weighted by atomic mass is 16.5. The summed E-state index contributed by atoms with van der Waals surface area (Å²) in [5.74, 6) is 0.763. The van der Waals surface area contributed by atoms with Crippen LogP contribution in [0.4, 0.5) is 0 Å². The number of nitrogens with zero attached hydrogens (tertiary/aromatic N) is 4. The van der Waals surface area contributed by atoms with Crippen molar-refractivity contribution < 1.29 is 14.3 Å². The molecule has 3 N–H and O–H groups in total. The van der Waals surface area contributed by atoms with Gasteiger partial charge in [-0.3, -0.25) is 14.5 Å². The Morgan fingerprint density at radius 2 is 2.35 bits per heavy atom. The minimum atomic E-state index is -0.528. The van der Waals surface area contributed by atoms with E-state index >= 15 is 0 Å². The van der Waals surface area contributed by atoms with Gasteiger partial charge < -0.3 is 15.4 Å². The quantitative estimate of drug-likeness (QED) is 0.592. The monoisotopic (exact) mass is 359 g/mol. The molecule has 2 amide bonds. The van der Waals surface area contributed by atoms with E-state index in [9.17, 15) is 9.59 Å². The molecule has 1 aliphatic rings. The second-order valence-corrected chi connectivity index (χ2v) is 5.94. The van der Waals surface area contributed by atoms with Gasteiger partial charge in [0.25, 0.3) is 0 Å². The largest absolute Gasteiger partial charge is 0.497 e. The lowest BCUT2D eigenvalue weighted by molar-refractivity contribution is -0.134. The van der Waals surface area contributed by atoms with E-state index in [0.717, 1.165) is 11.3 Å². The molecular weight excluding hydrogens is 338 g/mol. The van der Waals surface area contributed by atoms with Crippen molar-refractivity contribution in [1.82, 2.24) is 36.2 Å². The number of hydrogen-bond donors (Lipinski definition) is 3. The number of piperazine rings is 1. The van der Waals surface area contributed by atoms with Gasteiger partial charge in [0, 0.05) is 19.6 Å². The van der Waals surface area contributed by atoms with E-state index < -0.39 is 6.04 Å². The van der Waals surface area contributed by atoms with Gasteiger partial charge in [0.15, 0.2) is 5.82 Å². The molecule has 0 unspecified atom stereocenters. The van der Waals surface area contributed by atoms with Crippen LogP contribution in [0, 0.1) is 0 Å². The molecule has 3 rings (SSSR count). The van der Waals surface area contributed by atoms with Crippen LogP contribution < -0.4 is 15.4 Å². The van der Waals surface area contributed by atoms with Gasteiger partial charge in [0.05, 0.1) is 26.1 Å². The second-order valence-electron chi connectivity index (χ2n) is 5.94. The topological polar surface area (TPSA) is 125 Å². The number of carbonyl (C=O) groups is 2. The minimum Gasteiger partial charge on any atom is -0.497 e. The van der Waals surface area contributed by atoms with Gasteiger partial charge >= 0.3 is 0 Å². The maximum absolute atomic E-state index is 12.3.